The van der Waals surface area contributed by atoms with Crippen LogP contribution in [0, 0.1) is 5.92 Å². The van der Waals surface area contributed by atoms with Gasteiger partial charge in [0.1, 0.15) is 6.04 Å². The number of benzene rings is 1. The lowest BCUT2D eigenvalue weighted by Crippen LogP contribution is -2.43. The molecule has 1 saturated heterocycles. The number of thioether (sulfide) groups is 1. The molecule has 3 nitrogen and oxygen atoms in total. The summed E-state index contributed by atoms with van der Waals surface area (Å²) < 4.78 is 4.90. The van der Waals surface area contributed by atoms with E-state index in [1.165, 1.54) is 12.7 Å². The van der Waals surface area contributed by atoms with E-state index in [9.17, 15) is 4.79 Å². The van der Waals surface area contributed by atoms with Crippen LogP contribution in [0.4, 0.5) is 0 Å². The Balaban J connectivity index is 1.94. The molecule has 0 saturated carbocycles. The van der Waals surface area contributed by atoms with Gasteiger partial charge in [0.2, 0.25) is 0 Å². The predicted octanol–water partition coefficient (Wildman–Crippen LogP) is 2.07. The molecule has 0 aromatic heterocycles. The highest BCUT2D eigenvalue weighted by atomic mass is 32.2. The molecule has 1 heterocycles. The normalized spacial score (nSPS) is 20.6. The van der Waals surface area contributed by atoms with Crippen molar-refractivity contribution in [3.05, 3.63) is 35.9 Å². The van der Waals surface area contributed by atoms with Crippen molar-refractivity contribution in [2.24, 2.45) is 5.92 Å². The van der Waals surface area contributed by atoms with Crippen molar-refractivity contribution in [2.75, 3.05) is 18.6 Å². The first-order valence-electron chi connectivity index (χ1n) is 6.24. The summed E-state index contributed by atoms with van der Waals surface area (Å²) in [5, 5.41) is 3.34. The lowest BCUT2D eigenvalue weighted by Gasteiger charge is -2.21. The quantitative estimate of drug-likeness (QED) is 0.827. The van der Waals surface area contributed by atoms with Gasteiger partial charge in [-0.3, -0.25) is 4.79 Å². The fraction of sp³-hybridized carbons (Fsp3) is 0.500. The summed E-state index contributed by atoms with van der Waals surface area (Å²) in [6.07, 6.45) is 1.09. The molecule has 1 aliphatic rings. The number of esters is 1. The maximum absolute atomic E-state index is 11.8. The van der Waals surface area contributed by atoms with Crippen LogP contribution >= 0.6 is 11.8 Å². The van der Waals surface area contributed by atoms with Crippen LogP contribution in [-0.2, 0) is 16.1 Å². The number of carbonyl (C=O) groups is 1. The minimum absolute atomic E-state index is 0.140. The van der Waals surface area contributed by atoms with Gasteiger partial charge in [-0.25, -0.2) is 0 Å². The zero-order valence-corrected chi connectivity index (χ0v) is 11.4. The Labute approximate surface area is 112 Å². The molecule has 18 heavy (non-hydrogen) atoms. The van der Waals surface area contributed by atoms with Crippen LogP contribution in [0.1, 0.15) is 12.0 Å². The zero-order chi connectivity index (χ0) is 12.8. The standard InChI is InChI=1S/C14H19NO2S/c1-17-14(16)13(12-7-8-18-10-12)15-9-11-5-3-2-4-6-11/h2-6,12-13,15H,7-10H2,1H3. The van der Waals surface area contributed by atoms with Gasteiger partial charge in [-0.05, 0) is 29.4 Å². The fourth-order valence-electron chi connectivity index (χ4n) is 2.21. The van der Waals surface area contributed by atoms with Crippen molar-refractivity contribution in [1.82, 2.24) is 5.32 Å². The number of carbonyl (C=O) groups excluding carboxylic acids is 1. The van der Waals surface area contributed by atoms with Gasteiger partial charge in [0.05, 0.1) is 7.11 Å². The van der Waals surface area contributed by atoms with E-state index in [-0.39, 0.29) is 12.0 Å². The zero-order valence-electron chi connectivity index (χ0n) is 10.6. The summed E-state index contributed by atoms with van der Waals surface area (Å²) in [7, 11) is 1.46. The highest BCUT2D eigenvalue weighted by Crippen LogP contribution is 2.27. The molecule has 0 radical (unpaired) electrons. The van der Waals surface area contributed by atoms with Crippen LogP contribution in [0.2, 0.25) is 0 Å². The second kappa shape index (κ2) is 6.81. The van der Waals surface area contributed by atoms with E-state index in [0.29, 0.717) is 12.5 Å². The fourth-order valence-corrected chi connectivity index (χ4v) is 3.51. The molecule has 1 aliphatic heterocycles. The van der Waals surface area contributed by atoms with Crippen LogP contribution in [-0.4, -0.2) is 30.6 Å². The van der Waals surface area contributed by atoms with E-state index in [1.54, 1.807) is 0 Å². The molecule has 2 rings (SSSR count). The molecule has 0 aliphatic carbocycles. The number of rotatable bonds is 5. The molecule has 4 heteroatoms. The predicted molar refractivity (Wildman–Crippen MR) is 74.5 cm³/mol. The Morgan fingerprint density at radius 3 is 2.89 bits per heavy atom. The summed E-state index contributed by atoms with van der Waals surface area (Å²) in [5.74, 6) is 2.44. The minimum Gasteiger partial charge on any atom is -0.468 e. The molecule has 0 bridgehead atoms. The molecule has 98 valence electrons. The average Bonchev–Trinajstić information content (AvgIpc) is 2.94. The molecule has 1 aromatic rings. The van der Waals surface area contributed by atoms with Crippen molar-refractivity contribution >= 4 is 17.7 Å². The first kappa shape index (κ1) is 13.4. The molecule has 0 spiro atoms. The third-order valence-corrected chi connectivity index (χ3v) is 4.45. The number of ether oxygens (including phenoxy) is 1. The summed E-state index contributed by atoms with van der Waals surface area (Å²) in [6, 6.07) is 9.96. The molecular weight excluding hydrogens is 246 g/mol. The highest BCUT2D eigenvalue weighted by molar-refractivity contribution is 7.99. The summed E-state index contributed by atoms with van der Waals surface area (Å²) in [5.41, 5.74) is 1.19. The van der Waals surface area contributed by atoms with E-state index in [1.807, 2.05) is 30.0 Å². The van der Waals surface area contributed by atoms with Gasteiger partial charge in [-0.15, -0.1) is 0 Å². The van der Waals surface area contributed by atoms with Crippen LogP contribution in [0.25, 0.3) is 0 Å². The number of methoxy groups -OCH3 is 1. The SMILES string of the molecule is COC(=O)C(NCc1ccccc1)C1CCSC1. The smallest absolute Gasteiger partial charge is 0.323 e. The van der Waals surface area contributed by atoms with E-state index >= 15 is 0 Å². The van der Waals surface area contributed by atoms with E-state index < -0.39 is 0 Å². The Morgan fingerprint density at radius 1 is 1.50 bits per heavy atom. The molecule has 0 amide bonds. The molecule has 1 aromatic carbocycles. The maximum Gasteiger partial charge on any atom is 0.323 e. The van der Waals surface area contributed by atoms with Gasteiger partial charge in [-0.1, -0.05) is 30.3 Å². The maximum atomic E-state index is 11.8. The van der Waals surface area contributed by atoms with Gasteiger partial charge in [0.25, 0.3) is 0 Å². The summed E-state index contributed by atoms with van der Waals surface area (Å²) in [6.45, 7) is 0.710. The topological polar surface area (TPSA) is 38.3 Å². The number of nitrogens with one attached hydrogen (secondary N) is 1. The van der Waals surface area contributed by atoms with Crippen molar-refractivity contribution in [3.63, 3.8) is 0 Å². The summed E-state index contributed by atoms with van der Waals surface area (Å²) in [4.78, 5) is 11.8. The Hall–Kier alpha value is -1.00. The van der Waals surface area contributed by atoms with Crippen LogP contribution in [0.5, 0.6) is 0 Å². The number of hydrogen-bond acceptors (Lipinski definition) is 4. The molecule has 2 unspecified atom stereocenters. The molecule has 1 fully saturated rings. The van der Waals surface area contributed by atoms with E-state index in [0.717, 1.165) is 17.9 Å². The lowest BCUT2D eigenvalue weighted by atomic mass is 9.99. The molecule has 1 N–H and O–H groups in total. The van der Waals surface area contributed by atoms with Crippen LogP contribution < -0.4 is 5.32 Å². The van der Waals surface area contributed by atoms with Crippen molar-refractivity contribution in [2.45, 2.75) is 19.0 Å². The first-order chi connectivity index (χ1) is 8.81. The lowest BCUT2D eigenvalue weighted by molar-refractivity contribution is -0.144. The Bertz CT molecular complexity index is 377. The summed E-state index contributed by atoms with van der Waals surface area (Å²) >= 11 is 1.91. The second-order valence-electron chi connectivity index (χ2n) is 4.49. The van der Waals surface area contributed by atoms with Gasteiger partial charge < -0.3 is 10.1 Å². The third-order valence-electron chi connectivity index (χ3n) is 3.26. The highest BCUT2D eigenvalue weighted by Gasteiger charge is 2.31. The van der Waals surface area contributed by atoms with Crippen LogP contribution in [0.15, 0.2) is 30.3 Å². The molecule has 2 atom stereocenters. The Morgan fingerprint density at radius 2 is 2.28 bits per heavy atom. The van der Waals surface area contributed by atoms with E-state index in [4.69, 9.17) is 4.74 Å². The largest absolute Gasteiger partial charge is 0.468 e. The second-order valence-corrected chi connectivity index (χ2v) is 5.64. The molecular formula is C14H19NO2S. The van der Waals surface area contributed by atoms with E-state index in [2.05, 4.69) is 17.4 Å². The Kier molecular flexibility index (Phi) is 5.08. The monoisotopic (exact) mass is 265 g/mol. The average molecular weight is 265 g/mol. The van der Waals surface area contributed by atoms with Crippen molar-refractivity contribution < 1.29 is 9.53 Å². The van der Waals surface area contributed by atoms with Crippen LogP contribution in [0.3, 0.4) is 0 Å². The van der Waals surface area contributed by atoms with Gasteiger partial charge in [0, 0.05) is 6.54 Å². The van der Waals surface area contributed by atoms with Gasteiger partial charge in [-0.2, -0.15) is 11.8 Å². The third kappa shape index (κ3) is 3.50. The van der Waals surface area contributed by atoms with Gasteiger partial charge in [0.15, 0.2) is 0 Å². The van der Waals surface area contributed by atoms with Crippen molar-refractivity contribution in [3.8, 4) is 0 Å². The number of hydrogen-bond donors (Lipinski definition) is 1. The minimum atomic E-state index is -0.176. The van der Waals surface area contributed by atoms with Crippen molar-refractivity contribution in [1.29, 1.82) is 0 Å². The van der Waals surface area contributed by atoms with Gasteiger partial charge >= 0.3 is 5.97 Å². The first-order valence-corrected chi connectivity index (χ1v) is 7.39.